The zero-order valence-corrected chi connectivity index (χ0v) is 9.09. The molecule has 1 aromatic rings. The summed E-state index contributed by atoms with van der Waals surface area (Å²) in [6.07, 6.45) is 0. The standard InChI is InChI=1S/C6H5IOS2/c1-3-4(6(8)9)2-5(7)10-3/h2H,1H3,(H,8,9). The molecule has 1 nitrogen and oxygen atoms in total. The Labute approximate surface area is 82.4 Å². The zero-order valence-electron chi connectivity index (χ0n) is 5.22. The van der Waals surface area contributed by atoms with Gasteiger partial charge in [-0.15, -0.1) is 24.0 Å². The third-order valence-electron chi connectivity index (χ3n) is 1.12. The van der Waals surface area contributed by atoms with E-state index in [2.05, 4.69) is 35.2 Å². The van der Waals surface area contributed by atoms with Crippen molar-refractivity contribution in [2.24, 2.45) is 0 Å². The number of thiol groups is 1. The topological polar surface area (TPSA) is 17.1 Å². The molecule has 0 bridgehead atoms. The molecule has 0 spiro atoms. The number of hydrogen-bond donors (Lipinski definition) is 1. The van der Waals surface area contributed by atoms with E-state index in [1.165, 1.54) is 0 Å². The van der Waals surface area contributed by atoms with Crippen LogP contribution in [0.4, 0.5) is 0 Å². The third kappa shape index (κ3) is 1.73. The molecular formula is C6H5IOS2. The van der Waals surface area contributed by atoms with E-state index >= 15 is 0 Å². The van der Waals surface area contributed by atoms with E-state index in [0.717, 1.165) is 13.3 Å². The fraction of sp³-hybridized carbons (Fsp3) is 0.167. The summed E-state index contributed by atoms with van der Waals surface area (Å²) in [5.74, 6) is 0. The van der Waals surface area contributed by atoms with Crippen LogP contribution in [0.5, 0.6) is 0 Å². The van der Waals surface area contributed by atoms with Gasteiger partial charge in [0.1, 0.15) is 0 Å². The lowest BCUT2D eigenvalue weighted by Crippen LogP contribution is -1.85. The molecule has 54 valence electrons. The smallest absolute Gasteiger partial charge is 0.217 e. The first-order valence-corrected chi connectivity index (χ1v) is 4.94. The Morgan fingerprint density at radius 2 is 2.40 bits per heavy atom. The number of halogens is 1. The van der Waals surface area contributed by atoms with Crippen LogP contribution in [-0.4, -0.2) is 5.12 Å². The quantitative estimate of drug-likeness (QED) is 0.620. The van der Waals surface area contributed by atoms with Gasteiger partial charge in [-0.1, -0.05) is 0 Å². The van der Waals surface area contributed by atoms with Crippen molar-refractivity contribution in [3.8, 4) is 0 Å². The van der Waals surface area contributed by atoms with Gasteiger partial charge in [0.15, 0.2) is 0 Å². The minimum atomic E-state index is -0.142. The largest absolute Gasteiger partial charge is 0.282 e. The van der Waals surface area contributed by atoms with E-state index in [1.807, 2.05) is 13.0 Å². The molecule has 0 aliphatic heterocycles. The van der Waals surface area contributed by atoms with Gasteiger partial charge < -0.3 is 0 Å². The summed E-state index contributed by atoms with van der Waals surface area (Å²) in [7, 11) is 0. The molecule has 10 heavy (non-hydrogen) atoms. The first-order chi connectivity index (χ1) is 4.61. The average molecular weight is 284 g/mol. The van der Waals surface area contributed by atoms with Gasteiger partial charge in [0, 0.05) is 10.4 Å². The van der Waals surface area contributed by atoms with Gasteiger partial charge in [-0.05, 0) is 35.6 Å². The highest BCUT2D eigenvalue weighted by molar-refractivity contribution is 14.1. The van der Waals surface area contributed by atoms with Crippen molar-refractivity contribution in [2.75, 3.05) is 0 Å². The van der Waals surface area contributed by atoms with Gasteiger partial charge in [0.2, 0.25) is 5.12 Å². The Morgan fingerprint density at radius 1 is 1.80 bits per heavy atom. The number of carbonyl (C=O) groups is 1. The first-order valence-electron chi connectivity index (χ1n) is 2.60. The van der Waals surface area contributed by atoms with E-state index in [-0.39, 0.29) is 5.12 Å². The van der Waals surface area contributed by atoms with Crippen molar-refractivity contribution in [3.63, 3.8) is 0 Å². The zero-order chi connectivity index (χ0) is 7.72. The minimum Gasteiger partial charge on any atom is -0.282 e. The highest BCUT2D eigenvalue weighted by Gasteiger charge is 2.07. The molecule has 0 aliphatic rings. The van der Waals surface area contributed by atoms with Crippen molar-refractivity contribution in [1.29, 1.82) is 0 Å². The number of thiophene rings is 1. The van der Waals surface area contributed by atoms with Crippen molar-refractivity contribution in [3.05, 3.63) is 19.4 Å². The second-order valence-corrected chi connectivity index (χ2v) is 5.38. The van der Waals surface area contributed by atoms with E-state index in [0.29, 0.717) is 0 Å². The molecule has 0 atom stereocenters. The number of aryl methyl sites for hydroxylation is 1. The number of hydrogen-bond acceptors (Lipinski definition) is 2. The Balaban J connectivity index is 3.15. The summed E-state index contributed by atoms with van der Waals surface area (Å²) in [4.78, 5) is 11.8. The van der Waals surface area contributed by atoms with Gasteiger partial charge in [-0.2, -0.15) is 0 Å². The van der Waals surface area contributed by atoms with Gasteiger partial charge in [-0.3, -0.25) is 4.79 Å². The molecule has 4 heteroatoms. The summed E-state index contributed by atoms with van der Waals surface area (Å²) in [6.45, 7) is 1.93. The summed E-state index contributed by atoms with van der Waals surface area (Å²) in [5, 5.41) is -0.142. The minimum absolute atomic E-state index is 0.142. The Bertz CT molecular complexity index is 267. The lowest BCUT2D eigenvalue weighted by Gasteiger charge is -1.86. The van der Waals surface area contributed by atoms with E-state index < -0.39 is 0 Å². The molecule has 0 aromatic carbocycles. The third-order valence-corrected chi connectivity index (χ3v) is 3.17. The van der Waals surface area contributed by atoms with Crippen LogP contribution in [0.3, 0.4) is 0 Å². The van der Waals surface area contributed by atoms with Crippen LogP contribution in [0.2, 0.25) is 0 Å². The molecule has 0 radical (unpaired) electrons. The van der Waals surface area contributed by atoms with Crippen LogP contribution >= 0.6 is 46.6 Å². The molecule has 0 unspecified atom stereocenters. The molecule has 0 saturated heterocycles. The van der Waals surface area contributed by atoms with E-state index in [4.69, 9.17) is 0 Å². The summed E-state index contributed by atoms with van der Waals surface area (Å²) in [5.41, 5.74) is 0.734. The highest BCUT2D eigenvalue weighted by Crippen LogP contribution is 2.23. The van der Waals surface area contributed by atoms with E-state index in [1.54, 1.807) is 11.3 Å². The van der Waals surface area contributed by atoms with Crippen molar-refractivity contribution >= 4 is 51.7 Å². The Hall–Kier alpha value is 0.450. The van der Waals surface area contributed by atoms with Crippen LogP contribution in [0.25, 0.3) is 0 Å². The number of carbonyl (C=O) groups excluding carboxylic acids is 1. The van der Waals surface area contributed by atoms with Crippen LogP contribution in [0, 0.1) is 9.81 Å². The number of rotatable bonds is 1. The Kier molecular flexibility index (Phi) is 2.76. The molecule has 0 N–H and O–H groups in total. The molecule has 0 amide bonds. The summed E-state index contributed by atoms with van der Waals surface area (Å²) < 4.78 is 1.13. The van der Waals surface area contributed by atoms with Crippen LogP contribution in [0.1, 0.15) is 15.2 Å². The molecule has 1 aromatic heterocycles. The second kappa shape index (κ2) is 3.23. The maximum atomic E-state index is 10.7. The van der Waals surface area contributed by atoms with Crippen molar-refractivity contribution in [2.45, 2.75) is 6.92 Å². The summed E-state index contributed by atoms with van der Waals surface area (Å²) >= 11 is 7.54. The fourth-order valence-electron chi connectivity index (χ4n) is 0.658. The van der Waals surface area contributed by atoms with Crippen LogP contribution in [0.15, 0.2) is 6.07 Å². The predicted octanol–water partition coefficient (Wildman–Crippen LogP) is 2.73. The normalized spacial score (nSPS) is 9.90. The predicted molar refractivity (Wildman–Crippen MR) is 55.1 cm³/mol. The van der Waals surface area contributed by atoms with Crippen LogP contribution < -0.4 is 0 Å². The SMILES string of the molecule is Cc1sc(I)cc1C(=O)S. The van der Waals surface area contributed by atoms with Gasteiger partial charge in [0.25, 0.3) is 0 Å². The molecular weight excluding hydrogens is 279 g/mol. The molecule has 0 aliphatic carbocycles. The second-order valence-electron chi connectivity index (χ2n) is 1.83. The molecule has 1 heterocycles. The highest BCUT2D eigenvalue weighted by atomic mass is 127. The fourth-order valence-corrected chi connectivity index (χ4v) is 3.00. The Morgan fingerprint density at radius 3 is 2.60 bits per heavy atom. The molecule has 0 saturated carbocycles. The van der Waals surface area contributed by atoms with Gasteiger partial charge in [0.05, 0.1) is 2.88 Å². The van der Waals surface area contributed by atoms with E-state index in [9.17, 15) is 4.79 Å². The van der Waals surface area contributed by atoms with Crippen molar-refractivity contribution in [1.82, 2.24) is 0 Å². The summed E-state index contributed by atoms with van der Waals surface area (Å²) in [6, 6.07) is 1.86. The van der Waals surface area contributed by atoms with Gasteiger partial charge in [-0.25, -0.2) is 0 Å². The first kappa shape index (κ1) is 8.55. The lowest BCUT2D eigenvalue weighted by molar-refractivity contribution is 0.109. The molecule has 0 fully saturated rings. The maximum absolute atomic E-state index is 10.7. The average Bonchev–Trinajstić information content (AvgIpc) is 2.10. The molecule has 1 rings (SSSR count). The lowest BCUT2D eigenvalue weighted by atomic mass is 10.3. The van der Waals surface area contributed by atoms with Crippen molar-refractivity contribution < 1.29 is 4.79 Å². The van der Waals surface area contributed by atoms with Gasteiger partial charge >= 0.3 is 0 Å². The maximum Gasteiger partial charge on any atom is 0.217 e. The monoisotopic (exact) mass is 284 g/mol. The van der Waals surface area contributed by atoms with Crippen LogP contribution in [-0.2, 0) is 0 Å².